The molecule has 148 valence electrons. The first-order valence-electron chi connectivity index (χ1n) is 9.62. The lowest BCUT2D eigenvalue weighted by molar-refractivity contribution is -0.144. The zero-order chi connectivity index (χ0) is 20.7. The zero-order valence-corrected chi connectivity index (χ0v) is 16.3. The van der Waals surface area contributed by atoms with E-state index in [1.54, 1.807) is 12.3 Å². The van der Waals surface area contributed by atoms with Gasteiger partial charge in [-0.05, 0) is 35.4 Å². The van der Waals surface area contributed by atoms with E-state index in [2.05, 4.69) is 9.97 Å². The average molecular weight is 398 g/mol. The van der Waals surface area contributed by atoms with Crippen molar-refractivity contribution in [1.82, 2.24) is 9.97 Å². The largest absolute Gasteiger partial charge is 0.464 e. The van der Waals surface area contributed by atoms with Gasteiger partial charge in [-0.1, -0.05) is 42.5 Å². The topological polar surface area (TPSA) is 85.2 Å². The number of esters is 1. The maximum Gasteiger partial charge on any atom is 0.310 e. The molecule has 0 atom stereocenters. The van der Waals surface area contributed by atoms with Crippen LogP contribution in [0.3, 0.4) is 0 Å². The average Bonchev–Trinajstić information content (AvgIpc) is 3.16. The molecule has 1 N–H and O–H groups in total. The minimum atomic E-state index is -0.418. The van der Waals surface area contributed by atoms with Crippen molar-refractivity contribution >= 4 is 38.6 Å². The van der Waals surface area contributed by atoms with Crippen LogP contribution in [0.1, 0.15) is 17.0 Å². The molecule has 5 aromatic rings. The van der Waals surface area contributed by atoms with E-state index in [4.69, 9.17) is 9.15 Å². The Morgan fingerprint density at radius 2 is 1.90 bits per heavy atom. The Kier molecular flexibility index (Phi) is 4.32. The Balaban J connectivity index is 1.39. The summed E-state index contributed by atoms with van der Waals surface area (Å²) in [5.41, 5.74) is 2.75. The van der Waals surface area contributed by atoms with E-state index in [1.165, 1.54) is 0 Å². The van der Waals surface area contributed by atoms with E-state index in [0.29, 0.717) is 16.7 Å². The maximum absolute atomic E-state index is 12.5. The lowest BCUT2D eigenvalue weighted by Gasteiger charge is -2.07. The maximum atomic E-state index is 12.5. The highest BCUT2D eigenvalue weighted by Gasteiger charge is 2.15. The second-order valence-electron chi connectivity index (χ2n) is 7.24. The van der Waals surface area contributed by atoms with E-state index in [1.807, 2.05) is 55.5 Å². The molecule has 6 heteroatoms. The summed E-state index contributed by atoms with van der Waals surface area (Å²) in [5.74, 6) is -0.101. The van der Waals surface area contributed by atoms with Crippen LogP contribution in [0.2, 0.25) is 0 Å². The van der Waals surface area contributed by atoms with Gasteiger partial charge in [0, 0.05) is 10.9 Å². The van der Waals surface area contributed by atoms with Gasteiger partial charge in [0.15, 0.2) is 0 Å². The molecule has 6 nitrogen and oxygen atoms in total. The summed E-state index contributed by atoms with van der Waals surface area (Å²) in [7, 11) is 0. The fraction of sp³-hybridized carbons (Fsp3) is 0.125. The summed E-state index contributed by atoms with van der Waals surface area (Å²) in [6.45, 7) is 1.79. The van der Waals surface area contributed by atoms with Gasteiger partial charge in [-0.25, -0.2) is 4.98 Å². The van der Waals surface area contributed by atoms with Crippen LogP contribution < -0.4 is 5.56 Å². The minimum Gasteiger partial charge on any atom is -0.464 e. The number of rotatable bonds is 4. The normalized spacial score (nSPS) is 11.4. The van der Waals surface area contributed by atoms with Gasteiger partial charge >= 0.3 is 5.97 Å². The fourth-order valence-electron chi connectivity index (χ4n) is 3.78. The standard InChI is InChI=1S/C24H18N2O4/c1-14-5-4-8-18-23(14)25-20(26-24(18)28)13-30-21(27)11-16-12-29-19-10-9-15-6-2-3-7-17(15)22(16)19/h2-10,12H,11,13H2,1H3,(H,25,26,28). The van der Waals surface area contributed by atoms with Crippen LogP contribution in [-0.2, 0) is 22.6 Å². The number of benzene rings is 3. The number of hydrogen-bond donors (Lipinski definition) is 1. The molecule has 0 amide bonds. The van der Waals surface area contributed by atoms with Crippen molar-refractivity contribution in [3.8, 4) is 0 Å². The van der Waals surface area contributed by atoms with Crippen molar-refractivity contribution < 1.29 is 13.9 Å². The monoisotopic (exact) mass is 398 g/mol. The highest BCUT2D eigenvalue weighted by Crippen LogP contribution is 2.30. The predicted octanol–water partition coefficient (Wildman–Crippen LogP) is 4.42. The van der Waals surface area contributed by atoms with Crippen molar-refractivity contribution in [2.75, 3.05) is 0 Å². The third-order valence-electron chi connectivity index (χ3n) is 5.23. The Morgan fingerprint density at radius 1 is 1.07 bits per heavy atom. The number of hydrogen-bond acceptors (Lipinski definition) is 5. The number of carbonyl (C=O) groups excluding carboxylic acids is 1. The number of carbonyl (C=O) groups is 1. The van der Waals surface area contributed by atoms with Crippen LogP contribution in [0.15, 0.2) is 70.1 Å². The molecule has 3 aromatic carbocycles. The van der Waals surface area contributed by atoms with Crippen LogP contribution in [0.4, 0.5) is 0 Å². The van der Waals surface area contributed by atoms with Gasteiger partial charge in [-0.3, -0.25) is 9.59 Å². The first-order valence-corrected chi connectivity index (χ1v) is 9.62. The number of aromatic nitrogens is 2. The van der Waals surface area contributed by atoms with Crippen molar-refractivity contribution in [3.63, 3.8) is 0 Å². The van der Waals surface area contributed by atoms with Gasteiger partial charge in [-0.2, -0.15) is 0 Å². The van der Waals surface area contributed by atoms with Gasteiger partial charge in [0.25, 0.3) is 5.56 Å². The molecular weight excluding hydrogens is 380 g/mol. The first-order chi connectivity index (χ1) is 14.6. The van der Waals surface area contributed by atoms with Crippen LogP contribution in [-0.4, -0.2) is 15.9 Å². The number of ether oxygens (including phenoxy) is 1. The molecule has 2 heterocycles. The van der Waals surface area contributed by atoms with Gasteiger partial charge in [0.05, 0.1) is 23.6 Å². The summed E-state index contributed by atoms with van der Waals surface area (Å²) >= 11 is 0. The Labute approximate surface area is 171 Å². The number of furan rings is 1. The summed E-state index contributed by atoms with van der Waals surface area (Å²) in [6.07, 6.45) is 1.66. The number of nitrogens with zero attached hydrogens (tertiary/aromatic N) is 1. The first kappa shape index (κ1) is 18.1. The summed E-state index contributed by atoms with van der Waals surface area (Å²) in [5, 5.41) is 3.54. The number of aromatic amines is 1. The van der Waals surface area contributed by atoms with E-state index < -0.39 is 5.97 Å². The molecule has 0 spiro atoms. The SMILES string of the molecule is Cc1cccc2c(=O)[nH]c(COC(=O)Cc3coc4ccc5ccccc5c34)nc12. The Morgan fingerprint density at radius 3 is 2.80 bits per heavy atom. The van der Waals surface area contributed by atoms with Crippen LogP contribution >= 0.6 is 0 Å². The zero-order valence-electron chi connectivity index (χ0n) is 16.3. The molecule has 0 radical (unpaired) electrons. The highest BCUT2D eigenvalue weighted by atomic mass is 16.5. The molecule has 0 aliphatic carbocycles. The van der Waals surface area contributed by atoms with Crippen LogP contribution in [0.5, 0.6) is 0 Å². The summed E-state index contributed by atoms with van der Waals surface area (Å²) in [6, 6.07) is 17.3. The number of para-hydroxylation sites is 1. The van der Waals surface area contributed by atoms with E-state index in [-0.39, 0.29) is 18.6 Å². The molecule has 0 fully saturated rings. The van der Waals surface area contributed by atoms with Crippen molar-refractivity contribution in [3.05, 3.63) is 88.2 Å². The molecule has 5 rings (SSSR count). The van der Waals surface area contributed by atoms with E-state index >= 15 is 0 Å². The second-order valence-corrected chi connectivity index (χ2v) is 7.24. The summed E-state index contributed by atoms with van der Waals surface area (Å²) < 4.78 is 11.0. The Bertz CT molecular complexity index is 1480. The number of H-pyrrole nitrogens is 1. The van der Waals surface area contributed by atoms with E-state index in [9.17, 15) is 9.59 Å². The highest BCUT2D eigenvalue weighted by molar-refractivity contribution is 6.08. The van der Waals surface area contributed by atoms with Gasteiger partial charge in [-0.15, -0.1) is 0 Å². The molecule has 30 heavy (non-hydrogen) atoms. The van der Waals surface area contributed by atoms with Crippen molar-refractivity contribution in [2.45, 2.75) is 20.0 Å². The fourth-order valence-corrected chi connectivity index (χ4v) is 3.78. The minimum absolute atomic E-state index is 0.0673. The molecule has 0 aliphatic rings. The van der Waals surface area contributed by atoms with Gasteiger partial charge < -0.3 is 14.1 Å². The van der Waals surface area contributed by atoms with Gasteiger partial charge in [0.2, 0.25) is 0 Å². The quantitative estimate of drug-likeness (QED) is 0.453. The van der Waals surface area contributed by atoms with E-state index in [0.717, 1.165) is 32.9 Å². The van der Waals surface area contributed by atoms with Crippen LogP contribution in [0.25, 0.3) is 32.6 Å². The molecule has 0 saturated carbocycles. The lowest BCUT2D eigenvalue weighted by atomic mass is 10.0. The van der Waals surface area contributed by atoms with Crippen molar-refractivity contribution in [1.29, 1.82) is 0 Å². The molecule has 0 saturated heterocycles. The third kappa shape index (κ3) is 3.12. The Hall–Kier alpha value is -3.93. The molecular formula is C24H18N2O4. The van der Waals surface area contributed by atoms with Gasteiger partial charge in [0.1, 0.15) is 18.0 Å². The number of nitrogens with one attached hydrogen (secondary N) is 1. The molecule has 2 aromatic heterocycles. The molecule has 0 bridgehead atoms. The van der Waals surface area contributed by atoms with Crippen molar-refractivity contribution in [2.24, 2.45) is 0 Å². The smallest absolute Gasteiger partial charge is 0.310 e. The number of aryl methyl sites for hydroxylation is 1. The van der Waals surface area contributed by atoms with Crippen LogP contribution in [0, 0.1) is 6.92 Å². The third-order valence-corrected chi connectivity index (χ3v) is 5.23. The predicted molar refractivity (Wildman–Crippen MR) is 114 cm³/mol. The lowest BCUT2D eigenvalue weighted by Crippen LogP contribution is -2.15. The summed E-state index contributed by atoms with van der Waals surface area (Å²) in [4.78, 5) is 31.9. The number of fused-ring (bicyclic) bond motifs is 4. The second kappa shape index (κ2) is 7.15. The molecule has 0 aliphatic heterocycles. The molecule has 0 unspecified atom stereocenters.